The van der Waals surface area contributed by atoms with Gasteiger partial charge in [-0.3, -0.25) is 4.79 Å². The lowest BCUT2D eigenvalue weighted by Crippen LogP contribution is -2.27. The van der Waals surface area contributed by atoms with Crippen molar-refractivity contribution >= 4 is 17.5 Å². The van der Waals surface area contributed by atoms with Crippen molar-refractivity contribution in [1.82, 2.24) is 5.32 Å². The molecule has 1 amide bonds. The third-order valence-corrected chi connectivity index (χ3v) is 3.30. The van der Waals surface area contributed by atoms with E-state index >= 15 is 0 Å². The van der Waals surface area contributed by atoms with Gasteiger partial charge in [-0.1, -0.05) is 18.5 Å². The van der Waals surface area contributed by atoms with Crippen LogP contribution in [0.5, 0.6) is 11.5 Å². The van der Waals surface area contributed by atoms with Gasteiger partial charge in [0.25, 0.3) is 5.91 Å². The second-order valence-electron chi connectivity index (χ2n) is 4.53. The number of benzene rings is 1. The van der Waals surface area contributed by atoms with Gasteiger partial charge in [-0.05, 0) is 31.9 Å². The van der Waals surface area contributed by atoms with Gasteiger partial charge in [0.2, 0.25) is 0 Å². The molecule has 1 aromatic rings. The maximum absolute atomic E-state index is 12.1. The molecule has 0 radical (unpaired) electrons. The topological polar surface area (TPSA) is 67.8 Å². The molecule has 1 rings (SSSR count). The molecule has 0 spiro atoms. The van der Waals surface area contributed by atoms with E-state index in [0.29, 0.717) is 48.1 Å². The maximum Gasteiger partial charge on any atom is 0.251 e. The number of carbonyl (C=O) groups excluding carboxylic acids is 1. The average Bonchev–Trinajstić information content (AvgIpc) is 2.48. The third-order valence-electron chi connectivity index (χ3n) is 3.01. The van der Waals surface area contributed by atoms with Crippen molar-refractivity contribution < 1.29 is 19.4 Å². The fourth-order valence-electron chi connectivity index (χ4n) is 1.79. The molecule has 0 aliphatic rings. The van der Waals surface area contributed by atoms with Crippen LogP contribution >= 0.6 is 11.6 Å². The van der Waals surface area contributed by atoms with Crippen LogP contribution in [0.4, 0.5) is 0 Å². The normalized spacial score (nSPS) is 11.9. The summed E-state index contributed by atoms with van der Waals surface area (Å²) in [5.74, 6) is 0.587. The van der Waals surface area contributed by atoms with Gasteiger partial charge < -0.3 is 19.9 Å². The largest absolute Gasteiger partial charge is 0.493 e. The van der Waals surface area contributed by atoms with E-state index in [1.165, 1.54) is 7.11 Å². The molecule has 0 heterocycles. The van der Waals surface area contributed by atoms with Crippen molar-refractivity contribution in [3.63, 3.8) is 0 Å². The van der Waals surface area contributed by atoms with Crippen LogP contribution < -0.4 is 14.8 Å². The molecule has 1 unspecified atom stereocenters. The summed E-state index contributed by atoms with van der Waals surface area (Å²) in [6, 6.07) is 3.13. The highest BCUT2D eigenvalue weighted by Gasteiger charge is 2.15. The number of ether oxygens (including phenoxy) is 2. The fraction of sp³-hybridized carbons (Fsp3) is 0.533. The highest BCUT2D eigenvalue weighted by Crippen LogP contribution is 2.36. The first-order valence-electron chi connectivity index (χ1n) is 7.00. The van der Waals surface area contributed by atoms with Gasteiger partial charge in [0, 0.05) is 12.1 Å². The van der Waals surface area contributed by atoms with E-state index in [2.05, 4.69) is 5.32 Å². The number of nitrogens with one attached hydrogen (secondary N) is 1. The number of carbonyl (C=O) groups is 1. The van der Waals surface area contributed by atoms with Gasteiger partial charge in [0.15, 0.2) is 11.5 Å². The third kappa shape index (κ3) is 5.10. The minimum atomic E-state index is -0.399. The molecule has 21 heavy (non-hydrogen) atoms. The Bertz CT molecular complexity index is 479. The summed E-state index contributed by atoms with van der Waals surface area (Å²) in [6.45, 7) is 4.59. The van der Waals surface area contributed by atoms with Gasteiger partial charge in [-0.25, -0.2) is 0 Å². The number of amides is 1. The molecule has 0 bridgehead atoms. The van der Waals surface area contributed by atoms with E-state index in [9.17, 15) is 9.90 Å². The summed E-state index contributed by atoms with van der Waals surface area (Å²) < 4.78 is 10.6. The Kier molecular flexibility index (Phi) is 7.32. The summed E-state index contributed by atoms with van der Waals surface area (Å²) in [5.41, 5.74) is 0.395. The summed E-state index contributed by atoms with van der Waals surface area (Å²) in [5, 5.41) is 12.5. The van der Waals surface area contributed by atoms with E-state index in [-0.39, 0.29) is 5.91 Å². The quantitative estimate of drug-likeness (QED) is 0.774. The molecule has 0 aromatic heterocycles. The predicted molar refractivity (Wildman–Crippen MR) is 82.4 cm³/mol. The Hall–Kier alpha value is -1.46. The highest BCUT2D eigenvalue weighted by atomic mass is 35.5. The van der Waals surface area contributed by atoms with Crippen LogP contribution in [-0.2, 0) is 0 Å². The van der Waals surface area contributed by atoms with Crippen molar-refractivity contribution in [2.45, 2.75) is 32.8 Å². The second-order valence-corrected chi connectivity index (χ2v) is 4.94. The lowest BCUT2D eigenvalue weighted by atomic mass is 10.1. The van der Waals surface area contributed by atoms with Crippen molar-refractivity contribution in [1.29, 1.82) is 0 Å². The molecule has 1 atom stereocenters. The van der Waals surface area contributed by atoms with Gasteiger partial charge in [-0.15, -0.1) is 0 Å². The van der Waals surface area contributed by atoms with Crippen LogP contribution in [0.3, 0.4) is 0 Å². The zero-order valence-corrected chi connectivity index (χ0v) is 13.4. The van der Waals surface area contributed by atoms with Crippen LogP contribution in [-0.4, -0.2) is 37.4 Å². The Morgan fingerprint density at radius 1 is 1.43 bits per heavy atom. The highest BCUT2D eigenvalue weighted by molar-refractivity contribution is 6.32. The number of rotatable bonds is 8. The van der Waals surface area contributed by atoms with E-state index in [1.807, 2.05) is 13.8 Å². The zero-order valence-electron chi connectivity index (χ0n) is 12.6. The monoisotopic (exact) mass is 315 g/mol. The average molecular weight is 316 g/mol. The first-order valence-corrected chi connectivity index (χ1v) is 7.37. The summed E-state index contributed by atoms with van der Waals surface area (Å²) in [4.78, 5) is 12.1. The van der Waals surface area contributed by atoms with Crippen LogP contribution in [0.15, 0.2) is 12.1 Å². The van der Waals surface area contributed by atoms with Crippen LogP contribution in [0.1, 0.15) is 37.0 Å². The van der Waals surface area contributed by atoms with Crippen LogP contribution in [0.2, 0.25) is 5.02 Å². The van der Waals surface area contributed by atoms with E-state index in [4.69, 9.17) is 21.1 Å². The Labute approximate surface area is 130 Å². The minimum absolute atomic E-state index is 0.262. The summed E-state index contributed by atoms with van der Waals surface area (Å²) in [6.07, 6.45) is 0.784. The molecule has 0 saturated carbocycles. The van der Waals surface area contributed by atoms with E-state index < -0.39 is 6.10 Å². The van der Waals surface area contributed by atoms with Crippen molar-refractivity contribution in [2.24, 2.45) is 0 Å². The number of aliphatic hydroxyl groups excluding tert-OH is 1. The first kappa shape index (κ1) is 17.6. The second kappa shape index (κ2) is 8.74. The number of methoxy groups -OCH3 is 1. The van der Waals surface area contributed by atoms with Crippen LogP contribution in [0.25, 0.3) is 0 Å². The van der Waals surface area contributed by atoms with Gasteiger partial charge in [0.1, 0.15) is 0 Å². The van der Waals surface area contributed by atoms with E-state index in [1.54, 1.807) is 12.1 Å². The molecule has 118 valence electrons. The molecule has 0 fully saturated rings. The number of hydrogen-bond acceptors (Lipinski definition) is 4. The minimum Gasteiger partial charge on any atom is -0.493 e. The molecule has 5 nitrogen and oxygen atoms in total. The van der Waals surface area contributed by atoms with Crippen molar-refractivity contribution in [3.8, 4) is 11.5 Å². The number of aliphatic hydroxyl groups is 1. The lowest BCUT2D eigenvalue weighted by Gasteiger charge is -2.13. The molecular formula is C15H22ClNO4. The van der Waals surface area contributed by atoms with E-state index in [0.717, 1.165) is 0 Å². The summed E-state index contributed by atoms with van der Waals surface area (Å²) >= 11 is 6.12. The SMILES string of the molecule is CCOc1c(Cl)cc(C(=O)NCCC(O)CC)cc1OC. The standard InChI is InChI=1S/C15H22ClNO4/c1-4-11(18)6-7-17-15(19)10-8-12(16)14(21-5-2)13(9-10)20-3/h8-9,11,18H,4-7H2,1-3H3,(H,17,19). The predicted octanol–water partition coefficient (Wildman–Crippen LogP) is 2.64. The number of halogens is 1. The zero-order chi connectivity index (χ0) is 15.8. The van der Waals surface area contributed by atoms with Crippen LogP contribution in [0, 0.1) is 0 Å². The maximum atomic E-state index is 12.1. The molecule has 1 aromatic carbocycles. The molecule has 0 aliphatic carbocycles. The van der Waals surface area contributed by atoms with Gasteiger partial charge >= 0.3 is 0 Å². The molecule has 2 N–H and O–H groups in total. The Balaban J connectivity index is 2.78. The smallest absolute Gasteiger partial charge is 0.251 e. The molecule has 0 saturated heterocycles. The van der Waals surface area contributed by atoms with Crippen molar-refractivity contribution in [3.05, 3.63) is 22.7 Å². The number of hydrogen-bond donors (Lipinski definition) is 2. The molecule has 0 aliphatic heterocycles. The molecule has 6 heteroatoms. The Morgan fingerprint density at radius 2 is 2.14 bits per heavy atom. The van der Waals surface area contributed by atoms with Gasteiger partial charge in [-0.2, -0.15) is 0 Å². The first-order chi connectivity index (χ1) is 10.0. The summed E-state index contributed by atoms with van der Waals surface area (Å²) in [7, 11) is 1.49. The molecular weight excluding hydrogens is 294 g/mol. The fourth-order valence-corrected chi connectivity index (χ4v) is 2.06. The van der Waals surface area contributed by atoms with Crippen molar-refractivity contribution in [2.75, 3.05) is 20.3 Å². The lowest BCUT2D eigenvalue weighted by molar-refractivity contribution is 0.0941. The Morgan fingerprint density at radius 3 is 2.71 bits per heavy atom. The van der Waals surface area contributed by atoms with Gasteiger partial charge in [0.05, 0.1) is 24.8 Å².